The molecule has 1 saturated carbocycles. The van der Waals surface area contributed by atoms with Gasteiger partial charge in [-0.2, -0.15) is 0 Å². The van der Waals surface area contributed by atoms with Crippen molar-refractivity contribution in [2.24, 2.45) is 11.3 Å². The molecule has 1 aromatic heterocycles. The van der Waals surface area contributed by atoms with Crippen molar-refractivity contribution in [3.63, 3.8) is 0 Å². The second-order valence-corrected chi connectivity index (χ2v) is 6.39. The predicted molar refractivity (Wildman–Crippen MR) is 77.8 cm³/mol. The Labute approximate surface area is 114 Å². The van der Waals surface area contributed by atoms with Crippen LogP contribution in [0, 0.1) is 11.3 Å². The van der Waals surface area contributed by atoms with Crippen molar-refractivity contribution in [3.8, 4) is 0 Å². The molecule has 1 N–H and O–H groups in total. The second kappa shape index (κ2) is 4.61. The highest BCUT2D eigenvalue weighted by atomic mass is 16.3. The number of aliphatic hydroxyl groups is 1. The average molecular weight is 255 g/mol. The molecule has 2 atom stereocenters. The summed E-state index contributed by atoms with van der Waals surface area (Å²) in [5, 5.41) is 11.8. The van der Waals surface area contributed by atoms with Gasteiger partial charge in [0, 0.05) is 11.6 Å². The molecule has 0 bridgehead atoms. The van der Waals surface area contributed by atoms with E-state index in [1.165, 1.54) is 12.8 Å². The lowest BCUT2D eigenvalue weighted by Gasteiger charge is -2.31. The van der Waals surface area contributed by atoms with Crippen LogP contribution in [0.25, 0.3) is 10.9 Å². The van der Waals surface area contributed by atoms with Gasteiger partial charge in [-0.05, 0) is 41.9 Å². The van der Waals surface area contributed by atoms with Gasteiger partial charge < -0.3 is 5.11 Å². The Hall–Kier alpha value is -1.41. The van der Waals surface area contributed by atoms with Gasteiger partial charge in [0.2, 0.25) is 0 Å². The normalized spacial score (nSPS) is 23.6. The summed E-state index contributed by atoms with van der Waals surface area (Å²) in [5.74, 6) is 0.343. The summed E-state index contributed by atoms with van der Waals surface area (Å²) in [6.07, 6.45) is 4.98. The molecule has 100 valence electrons. The Kier molecular flexibility index (Phi) is 3.06. The van der Waals surface area contributed by atoms with Crippen molar-refractivity contribution in [2.75, 3.05) is 0 Å². The number of rotatable bonds is 2. The van der Waals surface area contributed by atoms with Gasteiger partial charge in [-0.15, -0.1) is 0 Å². The largest absolute Gasteiger partial charge is 0.388 e. The summed E-state index contributed by atoms with van der Waals surface area (Å²) in [5.41, 5.74) is 2.17. The lowest BCUT2D eigenvalue weighted by atomic mass is 9.77. The summed E-state index contributed by atoms with van der Waals surface area (Å²) >= 11 is 0. The van der Waals surface area contributed by atoms with Gasteiger partial charge in [-0.3, -0.25) is 4.98 Å². The molecule has 0 saturated heterocycles. The summed E-state index contributed by atoms with van der Waals surface area (Å²) in [6.45, 7) is 4.53. The van der Waals surface area contributed by atoms with Crippen LogP contribution in [0.1, 0.15) is 44.8 Å². The van der Waals surface area contributed by atoms with Crippen molar-refractivity contribution >= 4 is 10.9 Å². The molecule has 3 rings (SSSR count). The fourth-order valence-electron chi connectivity index (χ4n) is 3.42. The molecular formula is C17H21NO. The van der Waals surface area contributed by atoms with Crippen molar-refractivity contribution in [2.45, 2.75) is 39.2 Å². The zero-order valence-corrected chi connectivity index (χ0v) is 11.6. The monoisotopic (exact) mass is 255 g/mol. The number of benzene rings is 1. The van der Waals surface area contributed by atoms with E-state index < -0.39 is 6.10 Å². The van der Waals surface area contributed by atoms with Crippen molar-refractivity contribution in [1.29, 1.82) is 0 Å². The summed E-state index contributed by atoms with van der Waals surface area (Å²) in [7, 11) is 0. The Morgan fingerprint density at radius 3 is 2.84 bits per heavy atom. The van der Waals surface area contributed by atoms with E-state index in [1.54, 1.807) is 0 Å². The zero-order chi connectivity index (χ0) is 13.5. The van der Waals surface area contributed by atoms with E-state index in [0.29, 0.717) is 5.92 Å². The van der Waals surface area contributed by atoms with Crippen LogP contribution in [-0.2, 0) is 0 Å². The quantitative estimate of drug-likeness (QED) is 0.876. The minimum absolute atomic E-state index is 0.227. The first-order chi connectivity index (χ1) is 9.08. The topological polar surface area (TPSA) is 33.1 Å². The Balaban J connectivity index is 1.95. The van der Waals surface area contributed by atoms with E-state index >= 15 is 0 Å². The molecule has 0 amide bonds. The van der Waals surface area contributed by atoms with Crippen molar-refractivity contribution < 1.29 is 5.11 Å². The SMILES string of the molecule is CC1(C)CCCC1C(O)c1cnc2ccccc2c1. The van der Waals surface area contributed by atoms with Gasteiger partial charge in [0.25, 0.3) is 0 Å². The van der Waals surface area contributed by atoms with E-state index in [2.05, 4.69) is 31.0 Å². The standard InChI is InChI=1S/C17H21NO/c1-17(2)9-5-7-14(17)16(19)13-10-12-6-3-4-8-15(12)18-11-13/h3-4,6,8,10-11,14,16,19H,5,7,9H2,1-2H3. The van der Waals surface area contributed by atoms with Crippen LogP contribution in [0.5, 0.6) is 0 Å². The number of aliphatic hydroxyl groups excluding tert-OH is 1. The highest BCUT2D eigenvalue weighted by Crippen LogP contribution is 2.48. The van der Waals surface area contributed by atoms with Crippen LogP contribution in [0.15, 0.2) is 36.5 Å². The Morgan fingerprint density at radius 1 is 1.32 bits per heavy atom. The van der Waals surface area contributed by atoms with Crippen LogP contribution in [-0.4, -0.2) is 10.1 Å². The third kappa shape index (κ3) is 2.25. The van der Waals surface area contributed by atoms with Crippen molar-refractivity contribution in [1.82, 2.24) is 4.98 Å². The van der Waals surface area contributed by atoms with E-state index in [-0.39, 0.29) is 5.41 Å². The minimum atomic E-state index is -0.394. The van der Waals surface area contributed by atoms with Gasteiger partial charge in [0.15, 0.2) is 0 Å². The molecule has 2 unspecified atom stereocenters. The molecule has 0 radical (unpaired) electrons. The molecule has 0 aliphatic heterocycles. The van der Waals surface area contributed by atoms with Gasteiger partial charge in [-0.25, -0.2) is 0 Å². The van der Waals surface area contributed by atoms with Crippen LogP contribution in [0.4, 0.5) is 0 Å². The summed E-state index contributed by atoms with van der Waals surface area (Å²) < 4.78 is 0. The number of pyridine rings is 1. The lowest BCUT2D eigenvalue weighted by molar-refractivity contribution is 0.0530. The molecule has 2 nitrogen and oxygen atoms in total. The number of nitrogens with zero attached hydrogens (tertiary/aromatic N) is 1. The van der Waals surface area contributed by atoms with Gasteiger partial charge in [0.1, 0.15) is 0 Å². The first-order valence-corrected chi connectivity index (χ1v) is 7.11. The molecule has 1 aliphatic rings. The smallest absolute Gasteiger partial charge is 0.0838 e. The third-order valence-electron chi connectivity index (χ3n) is 4.67. The first-order valence-electron chi connectivity index (χ1n) is 7.11. The first kappa shape index (κ1) is 12.6. The maximum atomic E-state index is 10.7. The fourth-order valence-corrected chi connectivity index (χ4v) is 3.42. The Morgan fingerprint density at radius 2 is 2.11 bits per heavy atom. The molecule has 0 spiro atoms. The number of para-hydroxylation sites is 1. The number of hydrogen-bond acceptors (Lipinski definition) is 2. The minimum Gasteiger partial charge on any atom is -0.388 e. The van der Waals surface area contributed by atoms with Crippen LogP contribution >= 0.6 is 0 Å². The zero-order valence-electron chi connectivity index (χ0n) is 11.6. The van der Waals surface area contributed by atoms with Crippen molar-refractivity contribution in [3.05, 3.63) is 42.1 Å². The second-order valence-electron chi connectivity index (χ2n) is 6.39. The average Bonchev–Trinajstić information content (AvgIpc) is 2.77. The predicted octanol–water partition coefficient (Wildman–Crippen LogP) is 4.09. The number of fused-ring (bicyclic) bond motifs is 1. The third-order valence-corrected chi connectivity index (χ3v) is 4.67. The maximum Gasteiger partial charge on any atom is 0.0838 e. The van der Waals surface area contributed by atoms with Gasteiger partial charge in [-0.1, -0.05) is 38.5 Å². The Bertz CT molecular complexity index is 591. The number of hydrogen-bond donors (Lipinski definition) is 1. The molecule has 1 heterocycles. The molecule has 1 aliphatic carbocycles. The molecule has 1 aromatic carbocycles. The molecule has 2 heteroatoms. The van der Waals surface area contributed by atoms with Gasteiger partial charge >= 0.3 is 0 Å². The summed E-state index contributed by atoms with van der Waals surface area (Å²) in [4.78, 5) is 4.46. The molecule has 1 fully saturated rings. The van der Waals surface area contributed by atoms with Gasteiger partial charge in [0.05, 0.1) is 11.6 Å². The highest BCUT2D eigenvalue weighted by molar-refractivity contribution is 5.78. The van der Waals surface area contributed by atoms with E-state index in [9.17, 15) is 5.11 Å². The number of aromatic nitrogens is 1. The molecular weight excluding hydrogens is 234 g/mol. The maximum absolute atomic E-state index is 10.7. The lowest BCUT2D eigenvalue weighted by Crippen LogP contribution is -2.24. The van der Waals surface area contributed by atoms with E-state index in [1.807, 2.05) is 24.4 Å². The fraction of sp³-hybridized carbons (Fsp3) is 0.471. The highest BCUT2D eigenvalue weighted by Gasteiger charge is 2.39. The molecule has 19 heavy (non-hydrogen) atoms. The van der Waals surface area contributed by atoms with E-state index in [0.717, 1.165) is 22.9 Å². The summed E-state index contributed by atoms with van der Waals surface area (Å²) in [6, 6.07) is 10.1. The van der Waals surface area contributed by atoms with Crippen LogP contribution in [0.3, 0.4) is 0 Å². The molecule has 2 aromatic rings. The van der Waals surface area contributed by atoms with Crippen LogP contribution < -0.4 is 0 Å². The van der Waals surface area contributed by atoms with Crippen LogP contribution in [0.2, 0.25) is 0 Å². The van der Waals surface area contributed by atoms with E-state index in [4.69, 9.17) is 0 Å².